The third kappa shape index (κ3) is 6.22. The van der Waals surface area contributed by atoms with Gasteiger partial charge in [0.1, 0.15) is 17.1 Å². The van der Waals surface area contributed by atoms with E-state index in [1.807, 2.05) is 0 Å². The smallest absolute Gasteiger partial charge is 0.306 e. The molecule has 3 N–H and O–H groups in total. The molecule has 0 saturated heterocycles. The standard InChI is InChI=1S/C29H32N2O7/c1-29(2,3)38-25(36)8-5-13-30-23(34)6-4-7-24(35)31-16-17-14-18(32)9-11-20(17)26-27(28(26)37)21-12-10-19(33)15-22(21)31/h9-12,14-15,32-33H,4-8,13,16H2,1-3H3,(H,30,34). The first-order valence-corrected chi connectivity index (χ1v) is 12.7. The second-order valence-corrected chi connectivity index (χ2v) is 10.5. The van der Waals surface area contributed by atoms with Crippen LogP contribution in [0, 0.1) is 0 Å². The van der Waals surface area contributed by atoms with E-state index in [9.17, 15) is 29.4 Å². The Balaban J connectivity index is 1.38. The molecule has 1 aliphatic rings. The van der Waals surface area contributed by atoms with Gasteiger partial charge in [-0.2, -0.15) is 0 Å². The van der Waals surface area contributed by atoms with Crippen molar-refractivity contribution in [2.75, 3.05) is 11.4 Å². The first-order valence-electron chi connectivity index (χ1n) is 12.7. The zero-order valence-corrected chi connectivity index (χ0v) is 21.8. The van der Waals surface area contributed by atoms with Crippen molar-refractivity contribution in [2.24, 2.45) is 0 Å². The third-order valence-electron chi connectivity index (χ3n) is 6.27. The molecule has 3 aromatic carbocycles. The molecule has 0 atom stereocenters. The fourth-order valence-electron chi connectivity index (χ4n) is 4.55. The molecule has 4 rings (SSSR count). The molecular weight excluding hydrogens is 488 g/mol. The lowest BCUT2D eigenvalue weighted by Gasteiger charge is -2.27. The summed E-state index contributed by atoms with van der Waals surface area (Å²) in [5, 5.41) is 22.9. The topological polar surface area (TPSA) is 133 Å². The van der Waals surface area contributed by atoms with Crippen molar-refractivity contribution in [3.63, 3.8) is 0 Å². The highest BCUT2D eigenvalue weighted by molar-refractivity contribution is 6.05. The van der Waals surface area contributed by atoms with Gasteiger partial charge in [0.15, 0.2) is 5.43 Å². The highest BCUT2D eigenvalue weighted by Crippen LogP contribution is 2.45. The fraction of sp³-hybridized carbons (Fsp3) is 0.379. The fourth-order valence-corrected chi connectivity index (χ4v) is 4.55. The summed E-state index contributed by atoms with van der Waals surface area (Å²) in [6, 6.07) is 9.27. The molecule has 3 aromatic rings. The monoisotopic (exact) mass is 520 g/mol. The molecular formula is C29H32N2O7. The molecule has 0 spiro atoms. The Morgan fingerprint density at radius 1 is 0.921 bits per heavy atom. The number of rotatable bonds is 8. The largest absolute Gasteiger partial charge is 0.508 e. The van der Waals surface area contributed by atoms with Crippen molar-refractivity contribution in [1.29, 1.82) is 0 Å². The third-order valence-corrected chi connectivity index (χ3v) is 6.27. The van der Waals surface area contributed by atoms with Gasteiger partial charge in [-0.05, 0) is 69.0 Å². The van der Waals surface area contributed by atoms with Crippen molar-refractivity contribution in [3.05, 3.63) is 52.2 Å². The number of esters is 1. The van der Waals surface area contributed by atoms with Crippen LogP contribution in [0.3, 0.4) is 0 Å². The number of ether oxygens (including phenoxy) is 1. The molecule has 38 heavy (non-hydrogen) atoms. The minimum Gasteiger partial charge on any atom is -0.508 e. The summed E-state index contributed by atoms with van der Waals surface area (Å²) in [5.41, 5.74) is 2.65. The average Bonchev–Trinajstić information content (AvgIpc) is 3.47. The van der Waals surface area contributed by atoms with Crippen LogP contribution in [0.2, 0.25) is 0 Å². The van der Waals surface area contributed by atoms with Gasteiger partial charge in [0.2, 0.25) is 11.8 Å². The minimum atomic E-state index is -0.547. The van der Waals surface area contributed by atoms with Crippen molar-refractivity contribution in [3.8, 4) is 33.8 Å². The zero-order valence-electron chi connectivity index (χ0n) is 21.8. The number of anilines is 1. The van der Waals surface area contributed by atoms with Crippen molar-refractivity contribution < 1.29 is 29.3 Å². The van der Waals surface area contributed by atoms with Gasteiger partial charge in [-0.15, -0.1) is 0 Å². The van der Waals surface area contributed by atoms with Gasteiger partial charge < -0.3 is 25.2 Å². The number of nitrogens with zero attached hydrogens (tertiary/aromatic N) is 1. The number of phenolic OH excluding ortho intramolecular Hbond substituents is 2. The summed E-state index contributed by atoms with van der Waals surface area (Å²) in [4.78, 5) is 51.5. The van der Waals surface area contributed by atoms with Crippen molar-refractivity contribution in [2.45, 2.75) is 65.0 Å². The van der Waals surface area contributed by atoms with E-state index in [1.54, 1.807) is 32.9 Å². The number of phenols is 2. The lowest BCUT2D eigenvalue weighted by Crippen LogP contribution is -2.31. The number of amides is 2. The highest BCUT2D eigenvalue weighted by atomic mass is 16.6. The lowest BCUT2D eigenvalue weighted by atomic mass is 9.98. The maximum atomic E-state index is 13.4. The number of carbonyl (C=O) groups excluding carboxylic acids is 3. The van der Waals surface area contributed by atoms with Gasteiger partial charge in [-0.1, -0.05) is 6.07 Å². The molecule has 0 aliphatic carbocycles. The van der Waals surface area contributed by atoms with Crippen LogP contribution in [0.5, 0.6) is 11.5 Å². The number of nitrogens with one attached hydrogen (secondary N) is 1. The molecule has 0 bridgehead atoms. The van der Waals surface area contributed by atoms with Crippen LogP contribution in [-0.4, -0.2) is 40.1 Å². The molecule has 200 valence electrons. The molecule has 9 heteroatoms. The van der Waals surface area contributed by atoms with E-state index in [1.165, 1.54) is 29.2 Å². The van der Waals surface area contributed by atoms with Crippen LogP contribution in [0.25, 0.3) is 22.3 Å². The summed E-state index contributed by atoms with van der Waals surface area (Å²) >= 11 is 0. The number of aromatic hydroxyl groups is 2. The van der Waals surface area contributed by atoms with Crippen LogP contribution < -0.4 is 15.6 Å². The van der Waals surface area contributed by atoms with E-state index in [0.717, 1.165) is 0 Å². The second-order valence-electron chi connectivity index (χ2n) is 10.5. The average molecular weight is 521 g/mol. The first-order chi connectivity index (χ1) is 17.9. The number of benzene rings is 2. The van der Waals surface area contributed by atoms with E-state index in [-0.39, 0.29) is 60.5 Å². The number of carbonyl (C=O) groups is 3. The Labute approximate surface area is 220 Å². The molecule has 0 unspecified atom stereocenters. The van der Waals surface area contributed by atoms with Crippen LogP contribution >= 0.6 is 0 Å². The van der Waals surface area contributed by atoms with E-state index in [2.05, 4.69) is 5.32 Å². The van der Waals surface area contributed by atoms with E-state index < -0.39 is 5.60 Å². The maximum absolute atomic E-state index is 13.4. The highest BCUT2D eigenvalue weighted by Gasteiger charge is 2.34. The Kier molecular flexibility index (Phi) is 7.57. The molecule has 0 radical (unpaired) electrons. The van der Waals surface area contributed by atoms with Crippen molar-refractivity contribution >= 4 is 23.5 Å². The van der Waals surface area contributed by atoms with E-state index >= 15 is 0 Å². The van der Waals surface area contributed by atoms with Crippen LogP contribution in [0.4, 0.5) is 5.69 Å². The number of hydrogen-bond acceptors (Lipinski definition) is 7. The number of hydrogen-bond donors (Lipinski definition) is 3. The number of fused-ring (bicyclic) bond motifs is 5. The van der Waals surface area contributed by atoms with E-state index in [0.29, 0.717) is 52.9 Å². The van der Waals surface area contributed by atoms with Crippen LogP contribution in [-0.2, 0) is 25.7 Å². The predicted molar refractivity (Wildman–Crippen MR) is 142 cm³/mol. The van der Waals surface area contributed by atoms with E-state index in [4.69, 9.17) is 4.74 Å². The molecule has 1 aliphatic heterocycles. The van der Waals surface area contributed by atoms with Gasteiger partial charge in [0.05, 0.1) is 12.2 Å². The Morgan fingerprint density at radius 3 is 2.29 bits per heavy atom. The SMILES string of the molecule is CC(C)(C)OC(=O)CCCNC(=O)CCCC(=O)N1Cc2cc(O)ccc2-c2c(c2=O)-c2ccc(O)cc21. The van der Waals surface area contributed by atoms with Gasteiger partial charge in [-0.3, -0.25) is 19.2 Å². The molecule has 1 heterocycles. The van der Waals surface area contributed by atoms with Crippen LogP contribution in [0.15, 0.2) is 41.2 Å². The Bertz CT molecular complexity index is 1390. The van der Waals surface area contributed by atoms with Gasteiger partial charge in [-0.25, -0.2) is 0 Å². The van der Waals surface area contributed by atoms with Gasteiger partial charge in [0, 0.05) is 48.6 Å². The maximum Gasteiger partial charge on any atom is 0.306 e. The predicted octanol–water partition coefficient (Wildman–Crippen LogP) is 3.92. The first kappa shape index (κ1) is 26.9. The molecule has 2 amide bonds. The Morgan fingerprint density at radius 2 is 1.58 bits per heavy atom. The van der Waals surface area contributed by atoms with Gasteiger partial charge in [0.25, 0.3) is 0 Å². The normalized spacial score (nSPS) is 12.7. The lowest BCUT2D eigenvalue weighted by molar-refractivity contribution is -0.155. The minimum absolute atomic E-state index is 0.0199. The van der Waals surface area contributed by atoms with Gasteiger partial charge >= 0.3 is 5.97 Å². The van der Waals surface area contributed by atoms with Crippen LogP contribution in [0.1, 0.15) is 58.4 Å². The second kappa shape index (κ2) is 10.7. The molecule has 0 saturated carbocycles. The summed E-state index contributed by atoms with van der Waals surface area (Å²) in [6.07, 6.45) is 1.14. The molecule has 0 aromatic heterocycles. The summed E-state index contributed by atoms with van der Waals surface area (Å²) < 4.78 is 5.24. The summed E-state index contributed by atoms with van der Waals surface area (Å²) in [7, 11) is 0. The molecule has 9 nitrogen and oxygen atoms in total. The Hall–Kier alpha value is -4.14. The zero-order chi connectivity index (χ0) is 27.6. The van der Waals surface area contributed by atoms with Crippen molar-refractivity contribution in [1.82, 2.24) is 5.32 Å². The summed E-state index contributed by atoms with van der Waals surface area (Å²) in [5.74, 6) is -0.837. The quantitative estimate of drug-likeness (QED) is 0.303. The summed E-state index contributed by atoms with van der Waals surface area (Å²) in [6.45, 7) is 5.82. The molecule has 0 fully saturated rings.